The van der Waals surface area contributed by atoms with Crippen molar-refractivity contribution in [2.24, 2.45) is 5.92 Å². The molecule has 0 aromatic heterocycles. The lowest BCUT2D eigenvalue weighted by molar-refractivity contribution is -0.153. The van der Waals surface area contributed by atoms with Crippen molar-refractivity contribution in [3.63, 3.8) is 0 Å². The van der Waals surface area contributed by atoms with Crippen LogP contribution in [0, 0.1) is 5.92 Å². The Morgan fingerprint density at radius 2 is 2.12 bits per heavy atom. The number of hydrogen-bond acceptors (Lipinski definition) is 2. The van der Waals surface area contributed by atoms with Gasteiger partial charge in [-0.2, -0.15) is 0 Å². The van der Waals surface area contributed by atoms with Crippen LogP contribution in [-0.4, -0.2) is 13.1 Å². The molecular weight excluding hydrogens is 303 g/mol. The number of benzene rings is 1. The number of halogens is 2. The van der Waals surface area contributed by atoms with Crippen molar-refractivity contribution in [3.8, 4) is 0 Å². The second kappa shape index (κ2) is 4.62. The summed E-state index contributed by atoms with van der Waals surface area (Å²) in [5, 5.41) is 0.636. The fourth-order valence-corrected chi connectivity index (χ4v) is 3.54. The first-order valence-electron chi connectivity index (χ1n) is 5.53. The molecule has 4 heteroatoms. The highest BCUT2D eigenvalue weighted by molar-refractivity contribution is 9.10. The van der Waals surface area contributed by atoms with Crippen molar-refractivity contribution in [2.45, 2.75) is 25.2 Å². The van der Waals surface area contributed by atoms with Gasteiger partial charge in [0.15, 0.2) is 0 Å². The smallest absolute Gasteiger partial charge is 0.316 e. The quantitative estimate of drug-likeness (QED) is 0.772. The second-order valence-electron chi connectivity index (χ2n) is 4.75. The molecule has 0 saturated heterocycles. The average Bonchev–Trinajstić information content (AvgIpc) is 2.22. The summed E-state index contributed by atoms with van der Waals surface area (Å²) in [4.78, 5) is 12.0. The van der Waals surface area contributed by atoms with E-state index in [1.54, 1.807) is 0 Å². The van der Waals surface area contributed by atoms with Gasteiger partial charge in [0.2, 0.25) is 0 Å². The zero-order valence-corrected chi connectivity index (χ0v) is 12.1. The average molecular weight is 318 g/mol. The number of hydrogen-bond donors (Lipinski definition) is 0. The lowest BCUT2D eigenvalue weighted by Crippen LogP contribution is -2.47. The maximum absolute atomic E-state index is 12.0. The van der Waals surface area contributed by atoms with Gasteiger partial charge in [0.1, 0.15) is 0 Å². The minimum atomic E-state index is -0.498. The summed E-state index contributed by atoms with van der Waals surface area (Å²) in [6, 6.07) is 5.63. The van der Waals surface area contributed by atoms with E-state index in [1.165, 1.54) is 7.11 Å². The van der Waals surface area contributed by atoms with Gasteiger partial charge < -0.3 is 4.74 Å². The highest BCUT2D eigenvalue weighted by Crippen LogP contribution is 2.49. The fraction of sp³-hybridized carbons (Fsp3) is 0.462. The van der Waals surface area contributed by atoms with Gasteiger partial charge in [0.25, 0.3) is 0 Å². The second-order valence-corrected chi connectivity index (χ2v) is 6.10. The van der Waals surface area contributed by atoms with E-state index in [0.717, 1.165) is 22.9 Å². The van der Waals surface area contributed by atoms with E-state index >= 15 is 0 Å². The maximum Gasteiger partial charge on any atom is 0.316 e. The monoisotopic (exact) mass is 316 g/mol. The van der Waals surface area contributed by atoms with Crippen molar-refractivity contribution in [1.82, 2.24) is 0 Å². The standard InChI is InChI=1S/C13H14BrClO2/c1-8-6-13(7-8,12(16)17-2)9-3-10(14)5-11(15)4-9/h3-5,8H,6-7H2,1-2H3. The molecule has 17 heavy (non-hydrogen) atoms. The molecule has 0 N–H and O–H groups in total. The third-order valence-electron chi connectivity index (χ3n) is 3.39. The van der Waals surface area contributed by atoms with Crippen LogP contribution in [0.25, 0.3) is 0 Å². The first kappa shape index (κ1) is 12.9. The summed E-state index contributed by atoms with van der Waals surface area (Å²) in [6.45, 7) is 2.14. The van der Waals surface area contributed by atoms with Crippen molar-refractivity contribution < 1.29 is 9.53 Å². The number of carbonyl (C=O) groups is 1. The Hall–Kier alpha value is -0.540. The molecule has 0 spiro atoms. The molecule has 0 bridgehead atoms. The molecule has 1 aromatic carbocycles. The molecule has 0 radical (unpaired) electrons. The van der Waals surface area contributed by atoms with E-state index in [4.69, 9.17) is 16.3 Å². The summed E-state index contributed by atoms with van der Waals surface area (Å²) in [7, 11) is 1.44. The summed E-state index contributed by atoms with van der Waals surface area (Å²) in [5.74, 6) is 0.386. The molecule has 0 amide bonds. The predicted molar refractivity (Wildman–Crippen MR) is 71.2 cm³/mol. The number of esters is 1. The van der Waals surface area contributed by atoms with Gasteiger partial charge >= 0.3 is 5.97 Å². The zero-order chi connectivity index (χ0) is 12.6. The molecule has 0 unspecified atom stereocenters. The highest BCUT2D eigenvalue weighted by Gasteiger charge is 2.50. The van der Waals surface area contributed by atoms with E-state index in [1.807, 2.05) is 18.2 Å². The number of carbonyl (C=O) groups excluding carboxylic acids is 1. The van der Waals surface area contributed by atoms with Crippen LogP contribution in [0.2, 0.25) is 5.02 Å². The Morgan fingerprint density at radius 1 is 1.47 bits per heavy atom. The third-order valence-corrected chi connectivity index (χ3v) is 4.06. The van der Waals surface area contributed by atoms with Crippen molar-refractivity contribution in [2.75, 3.05) is 7.11 Å². The highest BCUT2D eigenvalue weighted by atomic mass is 79.9. The van der Waals surface area contributed by atoms with Crippen molar-refractivity contribution >= 4 is 33.5 Å². The fourth-order valence-electron chi connectivity index (χ4n) is 2.68. The van der Waals surface area contributed by atoms with Crippen LogP contribution >= 0.6 is 27.5 Å². The molecule has 0 atom stereocenters. The maximum atomic E-state index is 12.0. The normalized spacial score (nSPS) is 27.4. The van der Waals surface area contributed by atoms with Crippen LogP contribution < -0.4 is 0 Å². The molecule has 2 nitrogen and oxygen atoms in total. The topological polar surface area (TPSA) is 26.3 Å². The molecule has 2 rings (SSSR count). The van der Waals surface area contributed by atoms with Crippen molar-refractivity contribution in [3.05, 3.63) is 33.3 Å². The Bertz CT molecular complexity index is 432. The molecule has 1 fully saturated rings. The van der Waals surface area contributed by atoms with E-state index in [-0.39, 0.29) is 5.97 Å². The van der Waals surface area contributed by atoms with Crippen LogP contribution in [0.1, 0.15) is 25.3 Å². The lowest BCUT2D eigenvalue weighted by atomic mass is 9.59. The van der Waals surface area contributed by atoms with Gasteiger partial charge in [-0.25, -0.2) is 0 Å². The van der Waals surface area contributed by atoms with E-state index < -0.39 is 5.41 Å². The lowest BCUT2D eigenvalue weighted by Gasteiger charge is -2.44. The number of ether oxygens (including phenoxy) is 1. The largest absolute Gasteiger partial charge is 0.468 e. The van der Waals surface area contributed by atoms with E-state index in [2.05, 4.69) is 22.9 Å². The summed E-state index contributed by atoms with van der Waals surface area (Å²) >= 11 is 9.45. The van der Waals surface area contributed by atoms with Crippen LogP contribution in [0.5, 0.6) is 0 Å². The Labute approximate surface area is 114 Å². The van der Waals surface area contributed by atoms with E-state index in [9.17, 15) is 4.79 Å². The first-order valence-corrected chi connectivity index (χ1v) is 6.70. The molecule has 1 aliphatic rings. The predicted octanol–water partition coefficient (Wildman–Crippen LogP) is 3.94. The van der Waals surface area contributed by atoms with E-state index in [0.29, 0.717) is 10.9 Å². The summed E-state index contributed by atoms with van der Waals surface area (Å²) in [6.07, 6.45) is 1.65. The minimum absolute atomic E-state index is 0.162. The summed E-state index contributed by atoms with van der Waals surface area (Å²) < 4.78 is 5.83. The summed E-state index contributed by atoms with van der Waals surface area (Å²) in [5.41, 5.74) is 0.448. The molecule has 1 saturated carbocycles. The zero-order valence-electron chi connectivity index (χ0n) is 9.80. The first-order chi connectivity index (χ1) is 7.98. The van der Waals surface area contributed by atoms with Gasteiger partial charge in [0, 0.05) is 9.50 Å². The Kier molecular flexibility index (Phi) is 3.50. The van der Waals surface area contributed by atoms with Gasteiger partial charge in [-0.3, -0.25) is 4.79 Å². The van der Waals surface area contributed by atoms with Crippen LogP contribution in [0.4, 0.5) is 0 Å². The molecule has 0 heterocycles. The van der Waals surface area contributed by atoms with Crippen LogP contribution in [0.15, 0.2) is 22.7 Å². The Morgan fingerprint density at radius 3 is 2.59 bits per heavy atom. The Balaban J connectivity index is 2.43. The third kappa shape index (κ3) is 2.23. The van der Waals surface area contributed by atoms with Gasteiger partial charge in [-0.15, -0.1) is 0 Å². The SMILES string of the molecule is COC(=O)C1(c2cc(Cl)cc(Br)c2)CC(C)C1. The molecular formula is C13H14BrClO2. The number of rotatable bonds is 2. The van der Waals surface area contributed by atoms with Gasteiger partial charge in [-0.1, -0.05) is 34.5 Å². The van der Waals surface area contributed by atoms with Crippen LogP contribution in [0.3, 0.4) is 0 Å². The van der Waals surface area contributed by atoms with Crippen molar-refractivity contribution in [1.29, 1.82) is 0 Å². The molecule has 1 aliphatic carbocycles. The molecule has 92 valence electrons. The van der Waals surface area contributed by atoms with Crippen LogP contribution in [-0.2, 0) is 14.9 Å². The molecule has 1 aromatic rings. The van der Waals surface area contributed by atoms with Gasteiger partial charge in [0.05, 0.1) is 12.5 Å². The molecule has 0 aliphatic heterocycles. The van der Waals surface area contributed by atoms with Gasteiger partial charge in [-0.05, 0) is 42.5 Å². The minimum Gasteiger partial charge on any atom is -0.468 e. The number of methoxy groups -OCH3 is 1.